The van der Waals surface area contributed by atoms with Gasteiger partial charge in [0, 0.05) is 11.6 Å². The lowest BCUT2D eigenvalue weighted by Gasteiger charge is -2.18. The van der Waals surface area contributed by atoms with Gasteiger partial charge in [-0.15, -0.1) is 9.81 Å². The lowest BCUT2D eigenvalue weighted by molar-refractivity contribution is 0.366. The Morgan fingerprint density at radius 1 is 0.900 bits per heavy atom. The number of fused-ring (bicyclic) bond motifs is 1. The Labute approximate surface area is 114 Å². The molecular formula is C15H10N2O3. The van der Waals surface area contributed by atoms with Crippen LogP contribution in [0.4, 0.5) is 11.4 Å². The van der Waals surface area contributed by atoms with E-state index in [-0.39, 0.29) is 0 Å². The zero-order valence-corrected chi connectivity index (χ0v) is 10.4. The maximum Gasteiger partial charge on any atom is 0.129 e. The molecule has 3 rings (SSSR count). The molecule has 20 heavy (non-hydrogen) atoms. The fourth-order valence-corrected chi connectivity index (χ4v) is 2.11. The number of hydrogen-bond donors (Lipinski definition) is 0. The molecule has 1 aliphatic heterocycles. The molecule has 1 aliphatic rings. The predicted molar refractivity (Wildman–Crippen MR) is 77.2 cm³/mol. The molecule has 0 aliphatic carbocycles. The summed E-state index contributed by atoms with van der Waals surface area (Å²) in [5.41, 5.74) is 3.62. The maximum atomic E-state index is 10.5. The number of hydrogen-bond acceptors (Lipinski definition) is 5. The van der Waals surface area contributed by atoms with E-state index in [1.807, 2.05) is 18.2 Å². The molecule has 0 radical (unpaired) electrons. The van der Waals surface area contributed by atoms with Gasteiger partial charge >= 0.3 is 0 Å². The fourth-order valence-electron chi connectivity index (χ4n) is 2.11. The molecule has 0 saturated carbocycles. The second-order valence-corrected chi connectivity index (χ2v) is 4.41. The second kappa shape index (κ2) is 5.05. The Morgan fingerprint density at radius 2 is 1.60 bits per heavy atom. The largest absolute Gasteiger partial charge is 0.488 e. The Kier molecular flexibility index (Phi) is 3.09. The quantitative estimate of drug-likeness (QED) is 0.772. The van der Waals surface area contributed by atoms with E-state index < -0.39 is 0 Å². The SMILES string of the molecule is O=Nc1ccc(C2=Cc3ccc(N=O)cc3OC2)cc1. The highest BCUT2D eigenvalue weighted by molar-refractivity contribution is 5.86. The van der Waals surface area contributed by atoms with Crippen molar-refractivity contribution in [2.45, 2.75) is 0 Å². The zero-order chi connectivity index (χ0) is 13.9. The molecule has 0 fully saturated rings. The average Bonchev–Trinajstić information content (AvgIpc) is 2.54. The molecule has 0 unspecified atom stereocenters. The van der Waals surface area contributed by atoms with Crippen molar-refractivity contribution in [2.24, 2.45) is 10.4 Å². The third-order valence-electron chi connectivity index (χ3n) is 3.16. The molecule has 0 spiro atoms. The van der Waals surface area contributed by atoms with Gasteiger partial charge in [0.15, 0.2) is 0 Å². The lowest BCUT2D eigenvalue weighted by atomic mass is 10.0. The molecule has 0 bridgehead atoms. The Bertz CT molecular complexity index is 706. The van der Waals surface area contributed by atoms with Crippen molar-refractivity contribution in [2.75, 3.05) is 6.61 Å². The number of nitroso groups, excluding NO2 is 2. The molecule has 0 aromatic heterocycles. The van der Waals surface area contributed by atoms with Crippen LogP contribution in [0.15, 0.2) is 52.8 Å². The van der Waals surface area contributed by atoms with E-state index in [2.05, 4.69) is 10.4 Å². The number of rotatable bonds is 3. The third-order valence-corrected chi connectivity index (χ3v) is 3.16. The first-order valence-electron chi connectivity index (χ1n) is 6.05. The molecule has 0 amide bonds. The summed E-state index contributed by atoms with van der Waals surface area (Å²) in [7, 11) is 0. The number of ether oxygens (including phenoxy) is 1. The van der Waals surface area contributed by atoms with E-state index in [4.69, 9.17) is 4.74 Å². The van der Waals surface area contributed by atoms with Crippen LogP contribution in [0.3, 0.4) is 0 Å². The van der Waals surface area contributed by atoms with E-state index in [0.717, 1.165) is 16.7 Å². The van der Waals surface area contributed by atoms with Crippen LogP contribution in [0.5, 0.6) is 5.75 Å². The molecule has 1 heterocycles. The summed E-state index contributed by atoms with van der Waals surface area (Å²) < 4.78 is 5.64. The summed E-state index contributed by atoms with van der Waals surface area (Å²) in [4.78, 5) is 20.9. The van der Waals surface area contributed by atoms with Gasteiger partial charge in [0.05, 0.1) is 0 Å². The van der Waals surface area contributed by atoms with Crippen LogP contribution in [0.1, 0.15) is 11.1 Å². The highest BCUT2D eigenvalue weighted by Crippen LogP contribution is 2.33. The summed E-state index contributed by atoms with van der Waals surface area (Å²) in [5, 5.41) is 5.76. The highest BCUT2D eigenvalue weighted by Gasteiger charge is 2.13. The smallest absolute Gasteiger partial charge is 0.129 e. The minimum absolute atomic E-state index is 0.349. The molecule has 98 valence electrons. The van der Waals surface area contributed by atoms with Crippen LogP contribution in [0.25, 0.3) is 11.6 Å². The van der Waals surface area contributed by atoms with Crippen LogP contribution in [0, 0.1) is 9.81 Å². The molecule has 5 heteroatoms. The second-order valence-electron chi connectivity index (χ2n) is 4.41. The third kappa shape index (κ3) is 2.21. The molecule has 5 nitrogen and oxygen atoms in total. The van der Waals surface area contributed by atoms with Gasteiger partial charge in [0.2, 0.25) is 0 Å². The minimum atomic E-state index is 0.349. The van der Waals surface area contributed by atoms with Gasteiger partial charge < -0.3 is 4.74 Å². The van der Waals surface area contributed by atoms with Crippen molar-refractivity contribution >= 4 is 23.0 Å². The Balaban J connectivity index is 1.96. The van der Waals surface area contributed by atoms with Crippen molar-refractivity contribution in [3.8, 4) is 5.75 Å². The van der Waals surface area contributed by atoms with E-state index in [0.29, 0.717) is 23.7 Å². The summed E-state index contributed by atoms with van der Waals surface area (Å²) in [5.74, 6) is 0.650. The van der Waals surface area contributed by atoms with Gasteiger partial charge in [0.25, 0.3) is 0 Å². The topological polar surface area (TPSA) is 68.1 Å². The fraction of sp³-hybridized carbons (Fsp3) is 0.0667. The van der Waals surface area contributed by atoms with Gasteiger partial charge in [0.1, 0.15) is 23.7 Å². The van der Waals surface area contributed by atoms with E-state index in [9.17, 15) is 9.81 Å². The lowest BCUT2D eigenvalue weighted by Crippen LogP contribution is -2.06. The molecule has 0 atom stereocenters. The zero-order valence-electron chi connectivity index (χ0n) is 10.4. The minimum Gasteiger partial charge on any atom is -0.488 e. The Morgan fingerprint density at radius 3 is 2.30 bits per heavy atom. The molecule has 0 saturated heterocycles. The average molecular weight is 266 g/mol. The first-order chi connectivity index (χ1) is 9.80. The van der Waals surface area contributed by atoms with Crippen LogP contribution >= 0.6 is 0 Å². The van der Waals surface area contributed by atoms with E-state index in [1.54, 1.807) is 30.3 Å². The Hall–Kier alpha value is -2.82. The predicted octanol–water partition coefficient (Wildman–Crippen LogP) is 4.42. The summed E-state index contributed by atoms with van der Waals surface area (Å²) in [6.45, 7) is 0.406. The first-order valence-corrected chi connectivity index (χ1v) is 6.05. The van der Waals surface area contributed by atoms with Crippen molar-refractivity contribution < 1.29 is 4.74 Å². The monoisotopic (exact) mass is 266 g/mol. The first kappa shape index (κ1) is 12.2. The van der Waals surface area contributed by atoms with Gasteiger partial charge in [-0.3, -0.25) is 0 Å². The van der Waals surface area contributed by atoms with Crippen molar-refractivity contribution in [3.05, 3.63) is 63.4 Å². The van der Waals surface area contributed by atoms with E-state index in [1.165, 1.54) is 0 Å². The van der Waals surface area contributed by atoms with Crippen LogP contribution in [0.2, 0.25) is 0 Å². The number of nitrogens with zero attached hydrogens (tertiary/aromatic N) is 2. The van der Waals surface area contributed by atoms with Gasteiger partial charge in [-0.1, -0.05) is 12.1 Å². The standard InChI is InChI=1S/C15H10N2O3/c18-16-13-4-1-10(2-5-13)12-7-11-3-6-14(17-19)8-15(11)20-9-12/h1-8H,9H2. The highest BCUT2D eigenvalue weighted by atomic mass is 16.5. The van der Waals surface area contributed by atoms with Gasteiger partial charge in [-0.05, 0) is 51.8 Å². The molecular weight excluding hydrogens is 256 g/mol. The van der Waals surface area contributed by atoms with Crippen LogP contribution in [-0.4, -0.2) is 6.61 Å². The normalized spacial score (nSPS) is 12.9. The maximum absolute atomic E-state index is 10.5. The summed E-state index contributed by atoms with van der Waals surface area (Å²) >= 11 is 0. The van der Waals surface area contributed by atoms with Gasteiger partial charge in [-0.25, -0.2) is 0 Å². The van der Waals surface area contributed by atoms with Gasteiger partial charge in [-0.2, -0.15) is 0 Å². The van der Waals surface area contributed by atoms with Crippen molar-refractivity contribution in [1.29, 1.82) is 0 Å². The molecule has 2 aromatic rings. The summed E-state index contributed by atoms with van der Waals surface area (Å²) in [6, 6.07) is 12.1. The van der Waals surface area contributed by atoms with Crippen molar-refractivity contribution in [3.63, 3.8) is 0 Å². The van der Waals surface area contributed by atoms with E-state index >= 15 is 0 Å². The van der Waals surface area contributed by atoms with Crippen molar-refractivity contribution in [1.82, 2.24) is 0 Å². The molecule has 2 aromatic carbocycles. The summed E-state index contributed by atoms with van der Waals surface area (Å²) in [6.07, 6.45) is 2.00. The van der Waals surface area contributed by atoms with Crippen LogP contribution in [-0.2, 0) is 0 Å². The number of benzene rings is 2. The molecule has 0 N–H and O–H groups in total. The van der Waals surface area contributed by atoms with Crippen LogP contribution < -0.4 is 4.74 Å².